The molecule has 0 saturated carbocycles. The maximum atomic E-state index is 9.28. The van der Waals surface area contributed by atoms with E-state index in [1.165, 1.54) is 11.3 Å². The topological polar surface area (TPSA) is 23.8 Å². The van der Waals surface area contributed by atoms with E-state index in [-0.39, 0.29) is 0 Å². The van der Waals surface area contributed by atoms with Gasteiger partial charge in [0.2, 0.25) is 0 Å². The molecule has 0 atom stereocenters. The number of allylic oxidation sites excluding steroid dienone is 1. The van der Waals surface area contributed by atoms with Gasteiger partial charge in [0.15, 0.2) is 0 Å². The summed E-state index contributed by atoms with van der Waals surface area (Å²) in [5, 5.41) is 12.2. The van der Waals surface area contributed by atoms with Crippen molar-refractivity contribution in [2.24, 2.45) is 0 Å². The van der Waals surface area contributed by atoms with Crippen LogP contribution in [-0.2, 0) is 0 Å². The molecule has 0 saturated heterocycles. The van der Waals surface area contributed by atoms with Crippen LogP contribution in [0.4, 0.5) is 0 Å². The fraction of sp³-hybridized carbons (Fsp3) is 0.0714. The number of hydrogen-bond donors (Lipinski definition) is 0. The molecule has 90 valence electrons. The van der Waals surface area contributed by atoms with E-state index in [0.29, 0.717) is 15.6 Å². The molecular weight excluding hydrogens is 285 g/mol. The Bertz CT molecular complexity index is 636. The Labute approximate surface area is 120 Å². The third-order valence-corrected chi connectivity index (χ3v) is 4.70. The van der Waals surface area contributed by atoms with E-state index >= 15 is 0 Å². The molecule has 18 heavy (non-hydrogen) atoms. The minimum Gasteiger partial charge on any atom is -0.192 e. The van der Waals surface area contributed by atoms with Crippen molar-refractivity contribution in [3.05, 3.63) is 56.7 Å². The predicted molar refractivity (Wildman–Crippen MR) is 78.8 cm³/mol. The molecule has 1 nitrogen and oxygen atoms in total. The van der Waals surface area contributed by atoms with Gasteiger partial charge in [0.25, 0.3) is 0 Å². The third kappa shape index (κ3) is 2.44. The van der Waals surface area contributed by atoms with Crippen molar-refractivity contribution in [3.63, 3.8) is 0 Å². The second-order valence-electron chi connectivity index (χ2n) is 3.73. The van der Waals surface area contributed by atoms with Gasteiger partial charge in [-0.15, -0.1) is 11.3 Å². The molecule has 0 aliphatic rings. The van der Waals surface area contributed by atoms with Crippen LogP contribution < -0.4 is 0 Å². The highest BCUT2D eigenvalue weighted by atomic mass is 35.5. The van der Waals surface area contributed by atoms with E-state index in [1.807, 2.05) is 42.6 Å². The molecular formula is C14H9Cl2NS. The lowest BCUT2D eigenvalue weighted by molar-refractivity contribution is 1.52. The fourth-order valence-corrected chi connectivity index (χ4v) is 3.19. The summed E-state index contributed by atoms with van der Waals surface area (Å²) < 4.78 is 0. The van der Waals surface area contributed by atoms with Gasteiger partial charge >= 0.3 is 0 Å². The van der Waals surface area contributed by atoms with Gasteiger partial charge in [0.1, 0.15) is 6.07 Å². The quantitative estimate of drug-likeness (QED) is 0.686. The number of nitrogens with zero attached hydrogens (tertiary/aromatic N) is 1. The summed E-state index contributed by atoms with van der Waals surface area (Å²) in [5.74, 6) is 0. The van der Waals surface area contributed by atoms with Gasteiger partial charge in [-0.3, -0.25) is 0 Å². The summed E-state index contributed by atoms with van der Waals surface area (Å²) in [7, 11) is 0. The smallest absolute Gasteiger partial charge is 0.101 e. The molecule has 0 fully saturated rings. The SMILES string of the molecule is Cc1csc(/C(Cl)=C(/C#N)c2ccccc2)c1Cl. The largest absolute Gasteiger partial charge is 0.192 e. The first-order valence-corrected chi connectivity index (χ1v) is 6.88. The Morgan fingerprint density at radius 1 is 1.28 bits per heavy atom. The van der Waals surface area contributed by atoms with Crippen LogP contribution in [0.2, 0.25) is 5.02 Å². The second-order valence-corrected chi connectivity index (χ2v) is 5.36. The Morgan fingerprint density at radius 2 is 1.94 bits per heavy atom. The molecule has 1 heterocycles. The lowest BCUT2D eigenvalue weighted by Crippen LogP contribution is -1.84. The van der Waals surface area contributed by atoms with Gasteiger partial charge in [-0.2, -0.15) is 5.26 Å². The van der Waals surface area contributed by atoms with Crippen molar-refractivity contribution >= 4 is 45.1 Å². The molecule has 1 aromatic carbocycles. The molecule has 2 rings (SSSR count). The van der Waals surface area contributed by atoms with Crippen molar-refractivity contribution < 1.29 is 0 Å². The average molecular weight is 294 g/mol. The maximum absolute atomic E-state index is 9.28. The Morgan fingerprint density at radius 3 is 2.44 bits per heavy atom. The summed E-state index contributed by atoms with van der Waals surface area (Å²) in [4.78, 5) is 0.747. The van der Waals surface area contributed by atoms with Crippen molar-refractivity contribution in [1.82, 2.24) is 0 Å². The highest BCUT2D eigenvalue weighted by Gasteiger charge is 2.15. The Kier molecular flexibility index (Phi) is 4.08. The van der Waals surface area contributed by atoms with Gasteiger partial charge < -0.3 is 0 Å². The lowest BCUT2D eigenvalue weighted by atomic mass is 10.1. The highest BCUT2D eigenvalue weighted by Crippen LogP contribution is 2.38. The summed E-state index contributed by atoms with van der Waals surface area (Å²) >= 11 is 13.9. The van der Waals surface area contributed by atoms with E-state index in [1.54, 1.807) is 0 Å². The zero-order chi connectivity index (χ0) is 13.1. The third-order valence-electron chi connectivity index (χ3n) is 2.49. The van der Waals surface area contributed by atoms with Crippen molar-refractivity contribution in [2.75, 3.05) is 0 Å². The van der Waals surface area contributed by atoms with E-state index in [9.17, 15) is 5.26 Å². The first kappa shape index (κ1) is 13.2. The summed E-state index contributed by atoms with van der Waals surface area (Å²) in [6.07, 6.45) is 0. The zero-order valence-corrected chi connectivity index (χ0v) is 11.9. The van der Waals surface area contributed by atoms with E-state index < -0.39 is 0 Å². The highest BCUT2D eigenvalue weighted by molar-refractivity contribution is 7.13. The fourth-order valence-electron chi connectivity index (χ4n) is 1.54. The summed E-state index contributed by atoms with van der Waals surface area (Å²) in [6.45, 7) is 1.92. The number of thiophene rings is 1. The second kappa shape index (κ2) is 5.58. The average Bonchev–Trinajstić information content (AvgIpc) is 2.72. The lowest BCUT2D eigenvalue weighted by Gasteiger charge is -2.03. The molecule has 0 aliphatic carbocycles. The van der Waals surface area contributed by atoms with E-state index in [0.717, 1.165) is 16.0 Å². The first-order chi connectivity index (χ1) is 8.65. The number of rotatable bonds is 2. The van der Waals surface area contributed by atoms with Gasteiger partial charge in [-0.1, -0.05) is 53.5 Å². The van der Waals surface area contributed by atoms with Crippen LogP contribution in [-0.4, -0.2) is 0 Å². The molecule has 1 aromatic heterocycles. The number of nitriles is 1. The van der Waals surface area contributed by atoms with Crippen LogP contribution in [0.1, 0.15) is 16.0 Å². The normalized spacial score (nSPS) is 11.9. The van der Waals surface area contributed by atoms with Crippen LogP contribution in [0, 0.1) is 18.3 Å². The Balaban J connectivity index is 2.59. The molecule has 0 N–H and O–H groups in total. The number of benzene rings is 1. The Hall–Kier alpha value is -1.27. The standard InChI is InChI=1S/C14H9Cl2NS/c1-9-8-18-14(12(9)15)13(16)11(7-17)10-5-3-2-4-6-10/h2-6,8H,1H3/b13-11+. The monoisotopic (exact) mass is 293 g/mol. The van der Waals surface area contributed by atoms with Crippen LogP contribution >= 0.6 is 34.5 Å². The maximum Gasteiger partial charge on any atom is 0.101 e. The molecule has 0 bridgehead atoms. The van der Waals surface area contributed by atoms with Crippen LogP contribution in [0.15, 0.2) is 35.7 Å². The van der Waals surface area contributed by atoms with Gasteiger partial charge in [0, 0.05) is 0 Å². The summed E-state index contributed by atoms with van der Waals surface area (Å²) in [5.41, 5.74) is 2.22. The molecule has 4 heteroatoms. The van der Waals surface area contributed by atoms with Crippen LogP contribution in [0.5, 0.6) is 0 Å². The molecule has 0 spiro atoms. The number of aryl methyl sites for hydroxylation is 1. The molecule has 0 amide bonds. The summed E-state index contributed by atoms with van der Waals surface area (Å²) in [6, 6.07) is 11.5. The molecule has 0 unspecified atom stereocenters. The van der Waals surface area contributed by atoms with E-state index in [4.69, 9.17) is 23.2 Å². The minimum atomic E-state index is 0.409. The van der Waals surface area contributed by atoms with Gasteiger partial charge in [-0.25, -0.2) is 0 Å². The molecule has 0 radical (unpaired) electrons. The molecule has 0 aliphatic heterocycles. The predicted octanol–water partition coefficient (Wildman–Crippen LogP) is 5.34. The number of hydrogen-bond acceptors (Lipinski definition) is 2. The first-order valence-electron chi connectivity index (χ1n) is 5.24. The van der Waals surface area contributed by atoms with Crippen molar-refractivity contribution in [2.45, 2.75) is 6.92 Å². The zero-order valence-electron chi connectivity index (χ0n) is 9.58. The van der Waals surface area contributed by atoms with Crippen LogP contribution in [0.3, 0.4) is 0 Å². The minimum absolute atomic E-state index is 0.409. The van der Waals surface area contributed by atoms with Crippen molar-refractivity contribution in [3.8, 4) is 6.07 Å². The number of halogens is 2. The van der Waals surface area contributed by atoms with Crippen molar-refractivity contribution in [1.29, 1.82) is 5.26 Å². The van der Waals surface area contributed by atoms with E-state index in [2.05, 4.69) is 6.07 Å². The van der Waals surface area contributed by atoms with Gasteiger partial charge in [-0.05, 0) is 23.4 Å². The van der Waals surface area contributed by atoms with Gasteiger partial charge in [0.05, 0.1) is 20.5 Å². The van der Waals surface area contributed by atoms with Crippen LogP contribution in [0.25, 0.3) is 10.6 Å². The molecule has 2 aromatic rings.